The number of hydrogen-bond acceptors (Lipinski definition) is 4. The van der Waals surface area contributed by atoms with E-state index in [4.69, 9.17) is 4.74 Å². The van der Waals surface area contributed by atoms with Crippen LogP contribution in [0.5, 0.6) is 5.75 Å². The van der Waals surface area contributed by atoms with Gasteiger partial charge in [0.1, 0.15) is 30.4 Å². The van der Waals surface area contributed by atoms with E-state index >= 15 is 0 Å². The number of nitrogens with zero attached hydrogens (tertiary/aromatic N) is 1. The molecule has 0 bridgehead atoms. The van der Waals surface area contributed by atoms with Crippen LogP contribution in [0.3, 0.4) is 0 Å². The maximum atomic E-state index is 13.9. The van der Waals surface area contributed by atoms with Gasteiger partial charge in [-0.05, 0) is 93.1 Å². The van der Waals surface area contributed by atoms with Crippen molar-refractivity contribution in [3.63, 3.8) is 0 Å². The summed E-state index contributed by atoms with van der Waals surface area (Å²) in [6.07, 6.45) is 2.28. The van der Waals surface area contributed by atoms with Crippen molar-refractivity contribution < 1.29 is 23.5 Å². The van der Waals surface area contributed by atoms with Gasteiger partial charge in [-0.25, -0.2) is 14.1 Å². The van der Waals surface area contributed by atoms with Gasteiger partial charge in [-0.3, -0.25) is 9.59 Å². The standard InChI is InChI=1S/C27H22FI2N3O4/c1-2-17-7-4-6-10-22(17)31-24(34)14-33-26(35)23(32-27(33)36)13-16-11-20(29)25(21(30)12-16)37-15-18-8-3-5-9-19(18)28/h3-13H,2,14-15H2,1H3,(H,31,34)(H,32,36)/b23-13+. The maximum absolute atomic E-state index is 13.9. The lowest BCUT2D eigenvalue weighted by molar-refractivity contribution is -0.127. The van der Waals surface area contributed by atoms with Gasteiger partial charge in [0, 0.05) is 11.3 Å². The molecule has 0 atom stereocenters. The van der Waals surface area contributed by atoms with Crippen LogP contribution in [0.25, 0.3) is 6.08 Å². The van der Waals surface area contributed by atoms with E-state index in [0.29, 0.717) is 22.6 Å². The monoisotopic (exact) mass is 725 g/mol. The SMILES string of the molecule is CCc1ccccc1NC(=O)CN1C(=O)N/C(=C/c2cc(I)c(OCc3ccccc3F)c(I)c2)C1=O. The van der Waals surface area contributed by atoms with Crippen molar-refractivity contribution in [3.8, 4) is 5.75 Å². The Morgan fingerprint density at radius 2 is 1.70 bits per heavy atom. The summed E-state index contributed by atoms with van der Waals surface area (Å²) in [6.45, 7) is 1.65. The molecule has 0 aromatic heterocycles. The van der Waals surface area contributed by atoms with Crippen molar-refractivity contribution in [2.75, 3.05) is 11.9 Å². The van der Waals surface area contributed by atoms with Crippen molar-refractivity contribution >= 4 is 74.8 Å². The highest BCUT2D eigenvalue weighted by Crippen LogP contribution is 2.31. The van der Waals surface area contributed by atoms with Crippen molar-refractivity contribution in [1.82, 2.24) is 10.2 Å². The number of aryl methyl sites for hydroxylation is 1. The lowest BCUT2D eigenvalue weighted by Gasteiger charge is -2.13. The average Bonchev–Trinajstić information content (AvgIpc) is 3.12. The number of rotatable bonds is 8. The third kappa shape index (κ3) is 6.47. The molecule has 4 amide bonds. The highest BCUT2D eigenvalue weighted by molar-refractivity contribution is 14.1. The normalized spacial score (nSPS) is 14.2. The maximum Gasteiger partial charge on any atom is 0.329 e. The Morgan fingerprint density at radius 1 is 1.05 bits per heavy atom. The molecule has 0 unspecified atom stereocenters. The van der Waals surface area contributed by atoms with Crippen LogP contribution in [0.15, 0.2) is 66.4 Å². The van der Waals surface area contributed by atoms with Crippen LogP contribution < -0.4 is 15.4 Å². The lowest BCUT2D eigenvalue weighted by atomic mass is 10.1. The smallest absolute Gasteiger partial charge is 0.329 e. The minimum atomic E-state index is -0.663. The molecule has 37 heavy (non-hydrogen) atoms. The third-order valence-electron chi connectivity index (χ3n) is 5.60. The first kappa shape index (κ1) is 27.0. The molecular weight excluding hydrogens is 703 g/mol. The van der Waals surface area contributed by atoms with Crippen LogP contribution in [0.4, 0.5) is 14.9 Å². The molecule has 190 valence electrons. The summed E-state index contributed by atoms with van der Waals surface area (Å²) >= 11 is 4.21. The zero-order valence-electron chi connectivity index (χ0n) is 19.7. The van der Waals surface area contributed by atoms with Gasteiger partial charge in [-0.2, -0.15) is 0 Å². The summed E-state index contributed by atoms with van der Waals surface area (Å²) in [5, 5.41) is 5.31. The van der Waals surface area contributed by atoms with E-state index in [1.165, 1.54) is 6.07 Å². The predicted molar refractivity (Wildman–Crippen MR) is 155 cm³/mol. The van der Waals surface area contributed by atoms with Crippen LogP contribution in [0.2, 0.25) is 0 Å². The number of amides is 4. The van der Waals surface area contributed by atoms with E-state index in [9.17, 15) is 18.8 Å². The zero-order valence-corrected chi connectivity index (χ0v) is 24.0. The Balaban J connectivity index is 1.45. The fourth-order valence-corrected chi connectivity index (χ4v) is 5.86. The first-order chi connectivity index (χ1) is 17.8. The third-order valence-corrected chi connectivity index (χ3v) is 7.20. The number of carbonyl (C=O) groups is 3. The number of para-hydroxylation sites is 1. The van der Waals surface area contributed by atoms with E-state index in [1.807, 2.05) is 25.1 Å². The Kier molecular flexibility index (Phi) is 8.79. The molecule has 1 heterocycles. The summed E-state index contributed by atoms with van der Waals surface area (Å²) in [6, 6.07) is 16.7. The van der Waals surface area contributed by atoms with Crippen LogP contribution in [-0.2, 0) is 22.6 Å². The van der Waals surface area contributed by atoms with Gasteiger partial charge in [0.2, 0.25) is 5.91 Å². The quantitative estimate of drug-likeness (QED) is 0.177. The van der Waals surface area contributed by atoms with E-state index in [1.54, 1.807) is 42.5 Å². The molecule has 1 saturated heterocycles. The van der Waals surface area contributed by atoms with Crippen molar-refractivity contribution in [3.05, 3.63) is 96.0 Å². The van der Waals surface area contributed by atoms with Crippen LogP contribution >= 0.6 is 45.2 Å². The number of hydrogen-bond donors (Lipinski definition) is 2. The Morgan fingerprint density at radius 3 is 2.38 bits per heavy atom. The highest BCUT2D eigenvalue weighted by Gasteiger charge is 2.35. The molecule has 0 aliphatic carbocycles. The van der Waals surface area contributed by atoms with Gasteiger partial charge < -0.3 is 15.4 Å². The molecule has 3 aromatic carbocycles. The second-order valence-electron chi connectivity index (χ2n) is 8.13. The summed E-state index contributed by atoms with van der Waals surface area (Å²) in [5.41, 5.74) is 2.79. The van der Waals surface area contributed by atoms with Gasteiger partial charge in [-0.15, -0.1) is 0 Å². The van der Waals surface area contributed by atoms with E-state index in [-0.39, 0.29) is 18.1 Å². The topological polar surface area (TPSA) is 87.7 Å². The van der Waals surface area contributed by atoms with Gasteiger partial charge in [0.15, 0.2) is 0 Å². The van der Waals surface area contributed by atoms with Crippen LogP contribution in [-0.4, -0.2) is 29.3 Å². The molecule has 1 aliphatic rings. The minimum absolute atomic E-state index is 0.0679. The lowest BCUT2D eigenvalue weighted by Crippen LogP contribution is -2.38. The molecule has 1 fully saturated rings. The molecule has 10 heteroatoms. The van der Waals surface area contributed by atoms with Crippen molar-refractivity contribution in [2.24, 2.45) is 0 Å². The fourth-order valence-electron chi connectivity index (χ4n) is 3.73. The van der Waals surface area contributed by atoms with Crippen molar-refractivity contribution in [1.29, 1.82) is 0 Å². The number of ether oxygens (including phenoxy) is 1. The second kappa shape index (κ2) is 12.0. The number of benzene rings is 3. The minimum Gasteiger partial charge on any atom is -0.487 e. The summed E-state index contributed by atoms with van der Waals surface area (Å²) < 4.78 is 21.3. The Labute approximate surface area is 240 Å². The fraction of sp³-hybridized carbons (Fsp3) is 0.148. The van der Waals surface area contributed by atoms with Gasteiger partial charge in [-0.1, -0.05) is 43.3 Å². The molecule has 0 spiro atoms. The van der Waals surface area contributed by atoms with Gasteiger partial charge >= 0.3 is 6.03 Å². The van der Waals surface area contributed by atoms with E-state index in [2.05, 4.69) is 55.8 Å². The molecule has 0 radical (unpaired) electrons. The van der Waals surface area contributed by atoms with Crippen LogP contribution in [0.1, 0.15) is 23.6 Å². The number of nitrogens with one attached hydrogen (secondary N) is 2. The number of urea groups is 1. The van der Waals surface area contributed by atoms with Gasteiger partial charge in [0.05, 0.1) is 7.14 Å². The number of halogens is 3. The molecular formula is C27H22FI2N3O4. The molecule has 4 rings (SSSR count). The Bertz CT molecular complexity index is 1390. The molecule has 2 N–H and O–H groups in total. The second-order valence-corrected chi connectivity index (χ2v) is 10.5. The largest absolute Gasteiger partial charge is 0.487 e. The van der Waals surface area contributed by atoms with Crippen molar-refractivity contribution in [2.45, 2.75) is 20.0 Å². The first-order valence-electron chi connectivity index (χ1n) is 11.3. The predicted octanol–water partition coefficient (Wildman–Crippen LogP) is 5.71. The van der Waals surface area contributed by atoms with E-state index in [0.717, 1.165) is 24.0 Å². The first-order valence-corrected chi connectivity index (χ1v) is 13.5. The van der Waals surface area contributed by atoms with E-state index < -0.39 is 24.4 Å². The summed E-state index contributed by atoms with van der Waals surface area (Å²) in [4.78, 5) is 38.8. The molecule has 1 aliphatic heterocycles. The number of imide groups is 1. The molecule has 0 saturated carbocycles. The summed E-state index contributed by atoms with van der Waals surface area (Å²) in [5.74, 6) is -0.795. The number of carbonyl (C=O) groups excluding carboxylic acids is 3. The van der Waals surface area contributed by atoms with Gasteiger partial charge in [0.25, 0.3) is 5.91 Å². The molecule has 3 aromatic rings. The summed E-state index contributed by atoms with van der Waals surface area (Å²) in [7, 11) is 0. The van der Waals surface area contributed by atoms with Crippen LogP contribution in [0, 0.1) is 13.0 Å². The highest BCUT2D eigenvalue weighted by atomic mass is 127. The zero-order chi connectivity index (χ0) is 26.5. The Hall–Kier alpha value is -3.00. The molecule has 7 nitrogen and oxygen atoms in total. The number of anilines is 1. The average molecular weight is 725 g/mol.